The first-order chi connectivity index (χ1) is 22.4. The van der Waals surface area contributed by atoms with Crippen molar-refractivity contribution in [3.8, 4) is 11.1 Å². The summed E-state index contributed by atoms with van der Waals surface area (Å²) in [5.41, 5.74) is 5.21. The summed E-state index contributed by atoms with van der Waals surface area (Å²) in [7, 11) is -0.616. The van der Waals surface area contributed by atoms with Crippen LogP contribution in [-0.4, -0.2) is 61.0 Å². The minimum absolute atomic E-state index is 0.0400. The van der Waals surface area contributed by atoms with Crippen LogP contribution < -0.4 is 4.72 Å². The van der Waals surface area contributed by atoms with Crippen molar-refractivity contribution in [2.75, 3.05) is 25.4 Å². The van der Waals surface area contributed by atoms with Crippen LogP contribution in [0, 0.1) is 13.8 Å². The van der Waals surface area contributed by atoms with E-state index in [9.17, 15) is 18.0 Å². The van der Waals surface area contributed by atoms with E-state index in [1.807, 2.05) is 56.9 Å². The van der Waals surface area contributed by atoms with Crippen molar-refractivity contribution in [1.82, 2.24) is 14.2 Å². The van der Waals surface area contributed by atoms with Crippen LogP contribution in [-0.2, 0) is 37.5 Å². The van der Waals surface area contributed by atoms with Gasteiger partial charge in [0.05, 0.1) is 17.9 Å². The number of carbonyl (C=O) groups excluding carboxylic acids is 2. The number of nitrogens with one attached hydrogen (secondary N) is 1. The maximum atomic E-state index is 13.7. The Bertz CT molecular complexity index is 1850. The lowest BCUT2D eigenvalue weighted by atomic mass is 9.96. The molecule has 0 spiro atoms. The van der Waals surface area contributed by atoms with Gasteiger partial charge in [-0.3, -0.25) is 9.52 Å². The molecule has 3 aromatic rings. The predicted octanol–water partition coefficient (Wildman–Crippen LogP) is 6.64. The van der Waals surface area contributed by atoms with Crippen molar-refractivity contribution >= 4 is 45.1 Å². The third kappa shape index (κ3) is 8.26. The van der Waals surface area contributed by atoms with Crippen LogP contribution >= 0.6 is 11.5 Å². The second-order valence-electron chi connectivity index (χ2n) is 11.6. The number of benzene rings is 2. The SMILES string of the molecule is CCCCC1=NC(C)=C(CC(=O)N(C)C)C(=C=O)N1Cc1ccc(-c2ccccc2S(=O)(=O)Nc2nsc(C)c2C)c(COCC)c1. The molecule has 250 valence electrons. The van der Waals surface area contributed by atoms with Gasteiger partial charge < -0.3 is 14.5 Å². The molecule has 0 unspecified atom stereocenters. The minimum atomic E-state index is -3.98. The van der Waals surface area contributed by atoms with Gasteiger partial charge in [-0.15, -0.1) is 0 Å². The zero-order valence-electron chi connectivity index (χ0n) is 28.1. The van der Waals surface area contributed by atoms with E-state index < -0.39 is 10.0 Å². The first kappa shape index (κ1) is 35.8. The molecule has 10 nitrogen and oxygen atoms in total. The maximum absolute atomic E-state index is 13.7. The minimum Gasteiger partial charge on any atom is -0.377 e. The maximum Gasteiger partial charge on any atom is 0.263 e. The van der Waals surface area contributed by atoms with Gasteiger partial charge in [0.1, 0.15) is 11.5 Å². The van der Waals surface area contributed by atoms with E-state index in [4.69, 9.17) is 9.73 Å². The van der Waals surface area contributed by atoms with E-state index in [1.165, 1.54) is 16.4 Å². The Morgan fingerprint density at radius 2 is 1.83 bits per heavy atom. The Morgan fingerprint density at radius 1 is 1.09 bits per heavy atom. The van der Waals surface area contributed by atoms with E-state index >= 15 is 0 Å². The van der Waals surface area contributed by atoms with Crippen LogP contribution in [0.15, 0.2) is 69.3 Å². The topological polar surface area (TPSA) is 121 Å². The van der Waals surface area contributed by atoms with E-state index in [1.54, 1.807) is 32.3 Å². The van der Waals surface area contributed by atoms with Gasteiger partial charge in [-0.1, -0.05) is 49.7 Å². The first-order valence-corrected chi connectivity index (χ1v) is 17.9. The second kappa shape index (κ2) is 15.7. The van der Waals surface area contributed by atoms with E-state index in [-0.39, 0.29) is 23.8 Å². The lowest BCUT2D eigenvalue weighted by molar-refractivity contribution is -0.127. The molecule has 0 radical (unpaired) electrons. The van der Waals surface area contributed by atoms with Gasteiger partial charge in [-0.25, -0.2) is 18.2 Å². The number of nitrogens with zero attached hydrogens (tertiary/aromatic N) is 4. The highest BCUT2D eigenvalue weighted by Gasteiger charge is 2.29. The molecule has 1 aromatic heterocycles. The van der Waals surface area contributed by atoms with Crippen LogP contribution in [0.25, 0.3) is 11.1 Å². The van der Waals surface area contributed by atoms with Gasteiger partial charge in [0.2, 0.25) is 5.91 Å². The third-order valence-electron chi connectivity index (χ3n) is 8.11. The lowest BCUT2D eigenvalue weighted by Crippen LogP contribution is -2.35. The fourth-order valence-electron chi connectivity index (χ4n) is 5.26. The molecule has 1 aliphatic heterocycles. The highest BCUT2D eigenvalue weighted by atomic mass is 32.2. The van der Waals surface area contributed by atoms with Crippen molar-refractivity contribution in [3.63, 3.8) is 0 Å². The standard InChI is InChI=1S/C35H43N5O5S2/c1-8-10-15-33-36-24(4)30(19-34(42)39(6)7)31(21-41)40(33)20-26-16-17-28(27(18-26)22-45-9-2)29-13-11-12-14-32(29)47(43,44)38-35-23(3)25(5)46-37-35/h11-14,16-18H,8-10,15,19-20,22H2,1-7H3,(H,37,38). The van der Waals surface area contributed by atoms with E-state index in [0.29, 0.717) is 53.5 Å². The van der Waals surface area contributed by atoms with Gasteiger partial charge in [0.15, 0.2) is 11.8 Å². The summed E-state index contributed by atoms with van der Waals surface area (Å²) in [6.45, 7) is 10.6. The molecule has 0 aliphatic carbocycles. The number of aliphatic imine (C=N–C) groups is 1. The number of allylic oxidation sites excluding steroid dienone is 2. The largest absolute Gasteiger partial charge is 0.377 e. The van der Waals surface area contributed by atoms with Crippen LogP contribution in [0.3, 0.4) is 0 Å². The summed E-state index contributed by atoms with van der Waals surface area (Å²) in [5.74, 6) is 3.06. The normalized spacial score (nSPS) is 13.5. The molecule has 0 bridgehead atoms. The molecule has 0 fully saturated rings. The van der Waals surface area contributed by atoms with Crippen molar-refractivity contribution in [2.24, 2.45) is 4.99 Å². The summed E-state index contributed by atoms with van der Waals surface area (Å²) >= 11 is 1.25. The van der Waals surface area contributed by atoms with Crippen LogP contribution in [0.4, 0.5) is 5.82 Å². The average molecular weight is 678 g/mol. The number of amides is 1. The molecule has 2 heterocycles. The number of hydrogen-bond donors (Lipinski definition) is 1. The molecule has 0 saturated carbocycles. The molecule has 0 saturated heterocycles. The average Bonchev–Trinajstić information content (AvgIpc) is 3.36. The number of aryl methyl sites for hydroxylation is 1. The van der Waals surface area contributed by atoms with Crippen molar-refractivity contribution in [3.05, 3.63) is 81.0 Å². The summed E-state index contributed by atoms with van der Waals surface area (Å²) in [6, 6.07) is 12.7. The number of aromatic nitrogens is 1. The Morgan fingerprint density at radius 3 is 2.47 bits per heavy atom. The summed E-state index contributed by atoms with van der Waals surface area (Å²) < 4.78 is 40.2. The van der Waals surface area contributed by atoms with Gasteiger partial charge in [-0.05, 0) is 68.4 Å². The summed E-state index contributed by atoms with van der Waals surface area (Å²) in [4.78, 5) is 34.5. The van der Waals surface area contributed by atoms with Gasteiger partial charge in [0.25, 0.3) is 10.0 Å². The Kier molecular flexibility index (Phi) is 11.9. The highest BCUT2D eigenvalue weighted by molar-refractivity contribution is 7.92. The fraction of sp³-hybridized carbons (Fsp3) is 0.400. The molecule has 1 aliphatic rings. The fourth-order valence-corrected chi connectivity index (χ4v) is 7.25. The Labute approximate surface area is 282 Å². The lowest BCUT2D eigenvalue weighted by Gasteiger charge is -2.32. The second-order valence-corrected chi connectivity index (χ2v) is 14.3. The third-order valence-corrected chi connectivity index (χ3v) is 10.4. The number of unbranched alkanes of at least 4 members (excludes halogenated alkanes) is 1. The smallest absolute Gasteiger partial charge is 0.263 e. The van der Waals surface area contributed by atoms with Crippen LogP contribution in [0.1, 0.15) is 68.0 Å². The predicted molar refractivity (Wildman–Crippen MR) is 187 cm³/mol. The highest BCUT2D eigenvalue weighted by Crippen LogP contribution is 2.35. The number of sulfonamides is 1. The Balaban J connectivity index is 1.75. The Hall–Kier alpha value is -4.09. The number of ether oxygens (including phenoxy) is 1. The number of rotatable bonds is 14. The van der Waals surface area contributed by atoms with E-state index in [0.717, 1.165) is 40.2 Å². The number of carbonyl (C=O) groups is 1. The molecule has 0 atom stereocenters. The number of amidine groups is 1. The van der Waals surface area contributed by atoms with Crippen molar-refractivity contribution in [2.45, 2.75) is 78.3 Å². The first-order valence-electron chi connectivity index (χ1n) is 15.7. The molecule has 47 heavy (non-hydrogen) atoms. The van der Waals surface area contributed by atoms with Crippen LogP contribution in [0.5, 0.6) is 0 Å². The monoisotopic (exact) mass is 677 g/mol. The van der Waals surface area contributed by atoms with Gasteiger partial charge in [-0.2, -0.15) is 4.37 Å². The summed E-state index contributed by atoms with van der Waals surface area (Å²) in [5, 5.41) is 0. The molecule has 12 heteroatoms. The molecule has 2 aromatic carbocycles. The molecular weight excluding hydrogens is 635 g/mol. The van der Waals surface area contributed by atoms with Crippen LogP contribution in [0.2, 0.25) is 0 Å². The zero-order valence-corrected chi connectivity index (χ0v) is 29.8. The number of hydrogen-bond acceptors (Lipinski definition) is 9. The van der Waals surface area contributed by atoms with Gasteiger partial charge in [0, 0.05) is 60.9 Å². The van der Waals surface area contributed by atoms with Crippen molar-refractivity contribution in [1.29, 1.82) is 0 Å². The number of anilines is 1. The van der Waals surface area contributed by atoms with Crippen molar-refractivity contribution < 1.29 is 22.7 Å². The molecular formula is C35H43N5O5S2. The summed E-state index contributed by atoms with van der Waals surface area (Å²) in [6.07, 6.45) is 2.54. The zero-order chi connectivity index (χ0) is 34.3. The van der Waals surface area contributed by atoms with E-state index in [2.05, 4.69) is 22.0 Å². The molecule has 1 N–H and O–H groups in total. The molecule has 1 amide bonds. The molecule has 4 rings (SSSR count). The quantitative estimate of drug-likeness (QED) is 0.190. The van der Waals surface area contributed by atoms with Gasteiger partial charge >= 0.3 is 0 Å².